The molecule has 7 heteroatoms. The Morgan fingerprint density at radius 2 is 1.83 bits per heavy atom. The van der Waals surface area contributed by atoms with Gasteiger partial charge in [0, 0.05) is 23.4 Å². The van der Waals surface area contributed by atoms with E-state index in [9.17, 15) is 8.42 Å². The third-order valence-electron chi connectivity index (χ3n) is 3.65. The maximum Gasteiger partial charge on any atom is 0.240 e. The molecular formula is C17H16BrN3O2S. The van der Waals surface area contributed by atoms with Gasteiger partial charge in [-0.3, -0.25) is 0 Å². The highest BCUT2D eigenvalue weighted by molar-refractivity contribution is 9.10. The van der Waals surface area contributed by atoms with Crippen LogP contribution in [-0.4, -0.2) is 18.0 Å². The molecule has 0 fully saturated rings. The molecule has 0 spiro atoms. The van der Waals surface area contributed by atoms with Gasteiger partial charge in [-0.05, 0) is 42.8 Å². The van der Waals surface area contributed by atoms with E-state index in [2.05, 4.69) is 25.6 Å². The van der Waals surface area contributed by atoms with Gasteiger partial charge in [-0.2, -0.15) is 0 Å². The van der Waals surface area contributed by atoms with E-state index in [1.54, 1.807) is 30.5 Å². The molecule has 0 aliphatic heterocycles. The molecule has 1 aromatic heterocycles. The highest BCUT2D eigenvalue weighted by atomic mass is 79.9. The maximum atomic E-state index is 12.4. The van der Waals surface area contributed by atoms with Gasteiger partial charge in [-0.15, -0.1) is 0 Å². The Morgan fingerprint density at radius 1 is 1.12 bits per heavy atom. The number of halogens is 1. The molecule has 0 saturated carbocycles. The molecule has 3 aromatic rings. The molecule has 5 nitrogen and oxygen atoms in total. The van der Waals surface area contributed by atoms with E-state index < -0.39 is 10.0 Å². The summed E-state index contributed by atoms with van der Waals surface area (Å²) in [5.41, 5.74) is 1.78. The van der Waals surface area contributed by atoms with E-state index in [0.717, 1.165) is 21.5 Å². The van der Waals surface area contributed by atoms with Gasteiger partial charge in [0.05, 0.1) is 10.6 Å². The molecule has 124 valence electrons. The fourth-order valence-corrected chi connectivity index (χ4v) is 3.67. The van der Waals surface area contributed by atoms with Crippen LogP contribution in [0.2, 0.25) is 0 Å². The zero-order valence-corrected chi connectivity index (χ0v) is 15.4. The van der Waals surface area contributed by atoms with Gasteiger partial charge >= 0.3 is 0 Å². The number of sulfonamides is 1. The minimum Gasteiger partial charge on any atom is -0.304 e. The Bertz CT molecular complexity index is 950. The number of nitrogens with zero attached hydrogens (tertiary/aromatic N) is 2. The largest absolute Gasteiger partial charge is 0.304 e. The average Bonchev–Trinajstić information content (AvgIpc) is 3.00. The molecule has 0 unspecified atom stereocenters. The van der Waals surface area contributed by atoms with E-state index in [4.69, 9.17) is 0 Å². The Morgan fingerprint density at radius 3 is 2.50 bits per heavy atom. The van der Waals surface area contributed by atoms with Crippen molar-refractivity contribution in [2.24, 2.45) is 0 Å². The second-order valence-corrected chi connectivity index (χ2v) is 7.93. The summed E-state index contributed by atoms with van der Waals surface area (Å²) in [7, 11) is -3.57. The van der Waals surface area contributed by atoms with Crippen LogP contribution in [0.3, 0.4) is 0 Å². The predicted molar refractivity (Wildman–Crippen MR) is 96.5 cm³/mol. The fraction of sp³-hybridized carbons (Fsp3) is 0.118. The molecule has 0 bridgehead atoms. The monoisotopic (exact) mass is 405 g/mol. The lowest BCUT2D eigenvalue weighted by Gasteiger charge is -2.13. The molecule has 0 aliphatic rings. The predicted octanol–water partition coefficient (Wildman–Crippen LogP) is 3.42. The summed E-state index contributed by atoms with van der Waals surface area (Å²) in [5, 5.41) is 0. The van der Waals surface area contributed by atoms with E-state index in [1.165, 1.54) is 0 Å². The van der Waals surface area contributed by atoms with Crippen molar-refractivity contribution in [3.8, 4) is 5.69 Å². The summed E-state index contributed by atoms with van der Waals surface area (Å²) in [5.74, 6) is 0.846. The Balaban J connectivity index is 1.85. The molecule has 1 heterocycles. The normalized spacial score (nSPS) is 11.6. The number of imidazole rings is 1. The number of aryl methyl sites for hydroxylation is 1. The van der Waals surface area contributed by atoms with E-state index >= 15 is 0 Å². The average molecular weight is 406 g/mol. The molecular weight excluding hydrogens is 390 g/mol. The van der Waals surface area contributed by atoms with Crippen LogP contribution in [0, 0.1) is 6.92 Å². The molecule has 0 saturated heterocycles. The van der Waals surface area contributed by atoms with Crippen molar-refractivity contribution in [3.63, 3.8) is 0 Å². The molecule has 2 aromatic carbocycles. The van der Waals surface area contributed by atoms with Crippen molar-refractivity contribution in [2.45, 2.75) is 18.4 Å². The van der Waals surface area contributed by atoms with Crippen molar-refractivity contribution >= 4 is 26.0 Å². The molecule has 24 heavy (non-hydrogen) atoms. The third kappa shape index (κ3) is 3.58. The summed E-state index contributed by atoms with van der Waals surface area (Å²) in [6, 6.07) is 14.2. The SMILES string of the molecule is Cc1nccn1-c1ccccc1CNS(=O)(=O)c1ccc(Br)cc1. The van der Waals surface area contributed by atoms with Crippen molar-refractivity contribution < 1.29 is 8.42 Å². The number of hydrogen-bond acceptors (Lipinski definition) is 3. The lowest BCUT2D eigenvalue weighted by molar-refractivity contribution is 0.581. The number of hydrogen-bond donors (Lipinski definition) is 1. The Kier molecular flexibility index (Phi) is 4.84. The molecule has 0 aliphatic carbocycles. The second kappa shape index (κ2) is 6.88. The van der Waals surface area contributed by atoms with Gasteiger partial charge in [0.1, 0.15) is 5.82 Å². The second-order valence-electron chi connectivity index (χ2n) is 5.25. The van der Waals surface area contributed by atoms with Crippen LogP contribution in [0.25, 0.3) is 5.69 Å². The van der Waals surface area contributed by atoms with Gasteiger partial charge in [-0.25, -0.2) is 18.1 Å². The summed E-state index contributed by atoms with van der Waals surface area (Å²) < 4.78 is 30.3. The van der Waals surface area contributed by atoms with Crippen molar-refractivity contribution in [1.82, 2.24) is 14.3 Å². The molecule has 0 radical (unpaired) electrons. The van der Waals surface area contributed by atoms with Crippen LogP contribution in [-0.2, 0) is 16.6 Å². The van der Waals surface area contributed by atoms with E-state index in [-0.39, 0.29) is 11.4 Å². The lowest BCUT2D eigenvalue weighted by atomic mass is 10.2. The van der Waals surface area contributed by atoms with Crippen LogP contribution in [0.15, 0.2) is 70.3 Å². The highest BCUT2D eigenvalue weighted by Crippen LogP contribution is 2.18. The van der Waals surface area contributed by atoms with Gasteiger partial charge in [0.25, 0.3) is 0 Å². The van der Waals surface area contributed by atoms with Crippen LogP contribution in [0.1, 0.15) is 11.4 Å². The molecule has 0 amide bonds. The Labute approximate surface area is 149 Å². The van der Waals surface area contributed by atoms with Gasteiger partial charge in [0.15, 0.2) is 0 Å². The quantitative estimate of drug-likeness (QED) is 0.706. The zero-order valence-electron chi connectivity index (χ0n) is 13.0. The van der Waals surface area contributed by atoms with Crippen molar-refractivity contribution in [3.05, 3.63) is 76.8 Å². The first kappa shape index (κ1) is 16.9. The lowest BCUT2D eigenvalue weighted by Crippen LogP contribution is -2.24. The van der Waals surface area contributed by atoms with E-state index in [1.807, 2.05) is 42.0 Å². The van der Waals surface area contributed by atoms with Crippen LogP contribution in [0.5, 0.6) is 0 Å². The van der Waals surface area contributed by atoms with Crippen LogP contribution >= 0.6 is 15.9 Å². The third-order valence-corrected chi connectivity index (χ3v) is 5.60. The fourth-order valence-electron chi connectivity index (χ4n) is 2.40. The first-order valence-corrected chi connectivity index (χ1v) is 9.58. The van der Waals surface area contributed by atoms with Crippen LogP contribution < -0.4 is 4.72 Å². The molecule has 1 N–H and O–H groups in total. The smallest absolute Gasteiger partial charge is 0.240 e. The number of aromatic nitrogens is 2. The summed E-state index contributed by atoms with van der Waals surface area (Å²) in [6.07, 6.45) is 3.58. The minimum atomic E-state index is -3.57. The van der Waals surface area contributed by atoms with Crippen molar-refractivity contribution in [1.29, 1.82) is 0 Å². The molecule has 3 rings (SSSR count). The highest BCUT2D eigenvalue weighted by Gasteiger charge is 2.15. The summed E-state index contributed by atoms with van der Waals surface area (Å²) in [4.78, 5) is 4.46. The number of para-hydroxylation sites is 1. The van der Waals surface area contributed by atoms with Gasteiger partial charge in [0.2, 0.25) is 10.0 Å². The summed E-state index contributed by atoms with van der Waals surface area (Å²) >= 11 is 3.30. The first-order valence-electron chi connectivity index (χ1n) is 7.31. The number of benzene rings is 2. The molecule has 0 atom stereocenters. The minimum absolute atomic E-state index is 0.201. The number of nitrogens with one attached hydrogen (secondary N) is 1. The first-order chi connectivity index (χ1) is 11.5. The Hall–Kier alpha value is -1.96. The number of rotatable bonds is 5. The zero-order chi connectivity index (χ0) is 17.2. The van der Waals surface area contributed by atoms with Crippen LogP contribution in [0.4, 0.5) is 0 Å². The maximum absolute atomic E-state index is 12.4. The summed E-state index contributed by atoms with van der Waals surface area (Å²) in [6.45, 7) is 2.11. The van der Waals surface area contributed by atoms with Crippen molar-refractivity contribution in [2.75, 3.05) is 0 Å². The van der Waals surface area contributed by atoms with Gasteiger partial charge in [-0.1, -0.05) is 34.1 Å². The topological polar surface area (TPSA) is 64.0 Å². The van der Waals surface area contributed by atoms with E-state index in [0.29, 0.717) is 0 Å². The van der Waals surface area contributed by atoms with Gasteiger partial charge < -0.3 is 4.57 Å². The standard InChI is InChI=1S/C17H16BrN3O2S/c1-13-19-10-11-21(13)17-5-3-2-4-14(17)12-20-24(22,23)16-8-6-15(18)7-9-16/h2-11,20H,12H2,1H3.